The highest BCUT2D eigenvalue weighted by Crippen LogP contribution is 2.32. The van der Waals surface area contributed by atoms with Gasteiger partial charge in [0.25, 0.3) is 0 Å². The first-order chi connectivity index (χ1) is 8.43. The zero-order valence-corrected chi connectivity index (χ0v) is 10.9. The highest BCUT2D eigenvalue weighted by Gasteiger charge is 2.22. The molecular weight excluding hydrogens is 226 g/mol. The maximum Gasteiger partial charge on any atom is 0.0417 e. The third-order valence-corrected chi connectivity index (χ3v) is 4.76. The van der Waals surface area contributed by atoms with E-state index < -0.39 is 0 Å². The second-order valence-corrected chi connectivity index (χ2v) is 5.94. The van der Waals surface area contributed by atoms with Crippen molar-refractivity contribution in [1.29, 1.82) is 0 Å². The summed E-state index contributed by atoms with van der Waals surface area (Å²) in [6.07, 6.45) is 8.35. The molecule has 0 saturated heterocycles. The van der Waals surface area contributed by atoms with E-state index in [1.165, 1.54) is 41.9 Å². The minimum atomic E-state index is 0.557. The van der Waals surface area contributed by atoms with Gasteiger partial charge in [-0.1, -0.05) is 36.4 Å². The van der Waals surface area contributed by atoms with Gasteiger partial charge < -0.3 is 5.32 Å². The Kier molecular flexibility index (Phi) is 3.53. The van der Waals surface area contributed by atoms with E-state index >= 15 is 0 Å². The summed E-state index contributed by atoms with van der Waals surface area (Å²) in [5.41, 5.74) is 3.05. The lowest BCUT2D eigenvalue weighted by Crippen LogP contribution is -2.36. The van der Waals surface area contributed by atoms with E-state index in [0.717, 1.165) is 0 Å². The molecule has 3 rings (SSSR count). The van der Waals surface area contributed by atoms with E-state index in [2.05, 4.69) is 53.5 Å². The van der Waals surface area contributed by atoms with E-state index in [1.54, 1.807) is 0 Å². The quantitative estimate of drug-likeness (QED) is 0.798. The molecule has 1 aromatic rings. The van der Waals surface area contributed by atoms with Crippen molar-refractivity contribution in [2.45, 2.75) is 37.1 Å². The van der Waals surface area contributed by atoms with Gasteiger partial charge in [0.2, 0.25) is 0 Å². The van der Waals surface area contributed by atoms with Gasteiger partial charge in [-0.2, -0.15) is 11.8 Å². The molecule has 2 heteroatoms. The van der Waals surface area contributed by atoms with E-state index in [-0.39, 0.29) is 0 Å². The molecule has 1 aliphatic carbocycles. The minimum absolute atomic E-state index is 0.557. The van der Waals surface area contributed by atoms with Crippen molar-refractivity contribution in [3.63, 3.8) is 0 Å². The molecule has 2 atom stereocenters. The number of hydrogen-bond acceptors (Lipinski definition) is 2. The lowest BCUT2D eigenvalue weighted by atomic mass is 9.97. The molecule has 1 N–H and O–H groups in total. The average Bonchev–Trinajstić information content (AvgIpc) is 2.40. The number of thioether (sulfide) groups is 1. The summed E-state index contributed by atoms with van der Waals surface area (Å²) in [6.45, 7) is 0. The van der Waals surface area contributed by atoms with Gasteiger partial charge in [-0.05, 0) is 30.4 Å². The second-order valence-electron chi connectivity index (χ2n) is 4.91. The molecule has 1 aromatic carbocycles. The molecule has 0 bridgehead atoms. The Bertz CT molecular complexity index is 413. The maximum atomic E-state index is 3.84. The highest BCUT2D eigenvalue weighted by atomic mass is 32.2. The molecule has 2 unspecified atom stereocenters. The van der Waals surface area contributed by atoms with Crippen molar-refractivity contribution in [3.8, 4) is 0 Å². The molecule has 17 heavy (non-hydrogen) atoms. The fraction of sp³-hybridized carbons (Fsp3) is 0.467. The van der Waals surface area contributed by atoms with E-state index in [1.807, 2.05) is 0 Å². The van der Waals surface area contributed by atoms with Crippen LogP contribution in [0.1, 0.15) is 36.4 Å². The van der Waals surface area contributed by atoms with E-state index in [9.17, 15) is 0 Å². The first kappa shape index (κ1) is 11.4. The summed E-state index contributed by atoms with van der Waals surface area (Å²) in [7, 11) is 0. The Morgan fingerprint density at radius 1 is 1.18 bits per heavy atom. The minimum Gasteiger partial charge on any atom is -0.306 e. The largest absolute Gasteiger partial charge is 0.306 e. The molecular formula is C15H19NS. The first-order valence-corrected chi connectivity index (χ1v) is 7.65. The van der Waals surface area contributed by atoms with Crippen LogP contribution in [0.25, 0.3) is 0 Å². The molecule has 1 heterocycles. The summed E-state index contributed by atoms with van der Waals surface area (Å²) in [6, 6.07) is 10.1. The second kappa shape index (κ2) is 5.28. The van der Waals surface area contributed by atoms with Gasteiger partial charge in [-0.3, -0.25) is 0 Å². The Balaban J connectivity index is 1.74. The van der Waals surface area contributed by atoms with Crippen LogP contribution in [-0.4, -0.2) is 11.8 Å². The van der Waals surface area contributed by atoms with Gasteiger partial charge in [-0.25, -0.2) is 0 Å². The van der Waals surface area contributed by atoms with Crippen molar-refractivity contribution in [2.24, 2.45) is 0 Å². The van der Waals surface area contributed by atoms with E-state index in [4.69, 9.17) is 0 Å². The Labute approximate surface area is 108 Å². The summed E-state index contributed by atoms with van der Waals surface area (Å²) < 4.78 is 0. The molecule has 1 aliphatic heterocycles. The molecule has 0 saturated carbocycles. The summed E-state index contributed by atoms with van der Waals surface area (Å²) in [4.78, 5) is 0. The number of allylic oxidation sites excluding steroid dienone is 1. The molecule has 0 spiro atoms. The van der Waals surface area contributed by atoms with Gasteiger partial charge in [0.15, 0.2) is 0 Å². The predicted molar refractivity (Wildman–Crippen MR) is 75.3 cm³/mol. The maximum absolute atomic E-state index is 3.84. The summed E-state index contributed by atoms with van der Waals surface area (Å²) in [5, 5.41) is 3.84. The standard InChI is InChI=1S/C15H19NS/c1-2-7-13(8-3-1)16-15-11-17-10-12-6-4-5-9-14(12)15/h1-2,4-6,9,13,15-16H,3,7-8,10-11H2. The third kappa shape index (κ3) is 2.58. The molecule has 0 radical (unpaired) electrons. The van der Waals surface area contributed by atoms with Gasteiger partial charge in [0, 0.05) is 23.6 Å². The van der Waals surface area contributed by atoms with Crippen molar-refractivity contribution >= 4 is 11.8 Å². The Morgan fingerprint density at radius 3 is 3.00 bits per heavy atom. The number of benzene rings is 1. The van der Waals surface area contributed by atoms with Crippen molar-refractivity contribution in [3.05, 3.63) is 47.5 Å². The van der Waals surface area contributed by atoms with Gasteiger partial charge in [-0.15, -0.1) is 0 Å². The normalized spacial score (nSPS) is 27.8. The molecule has 90 valence electrons. The van der Waals surface area contributed by atoms with Crippen LogP contribution in [0.15, 0.2) is 36.4 Å². The van der Waals surface area contributed by atoms with Crippen LogP contribution < -0.4 is 5.32 Å². The topological polar surface area (TPSA) is 12.0 Å². The number of nitrogens with one attached hydrogen (secondary N) is 1. The highest BCUT2D eigenvalue weighted by molar-refractivity contribution is 7.98. The summed E-state index contributed by atoms with van der Waals surface area (Å²) >= 11 is 2.05. The van der Waals surface area contributed by atoms with Crippen LogP contribution in [0.3, 0.4) is 0 Å². The molecule has 0 aromatic heterocycles. The van der Waals surface area contributed by atoms with Crippen molar-refractivity contribution < 1.29 is 0 Å². The number of fused-ring (bicyclic) bond motifs is 1. The van der Waals surface area contributed by atoms with Gasteiger partial charge >= 0.3 is 0 Å². The summed E-state index contributed by atoms with van der Waals surface area (Å²) in [5.74, 6) is 2.40. The van der Waals surface area contributed by atoms with Gasteiger partial charge in [0.05, 0.1) is 0 Å². The lowest BCUT2D eigenvalue weighted by molar-refractivity contribution is 0.427. The fourth-order valence-electron chi connectivity index (χ4n) is 2.75. The molecule has 2 aliphatic rings. The predicted octanol–water partition coefficient (Wildman–Crippen LogP) is 3.67. The van der Waals surface area contributed by atoms with Crippen LogP contribution in [-0.2, 0) is 5.75 Å². The van der Waals surface area contributed by atoms with Crippen LogP contribution >= 0.6 is 11.8 Å². The zero-order chi connectivity index (χ0) is 11.5. The number of hydrogen-bond donors (Lipinski definition) is 1. The Morgan fingerprint density at radius 2 is 2.12 bits per heavy atom. The van der Waals surface area contributed by atoms with Crippen LogP contribution in [0, 0.1) is 0 Å². The first-order valence-electron chi connectivity index (χ1n) is 6.50. The smallest absolute Gasteiger partial charge is 0.0417 e. The van der Waals surface area contributed by atoms with Crippen LogP contribution in [0.4, 0.5) is 0 Å². The van der Waals surface area contributed by atoms with E-state index in [0.29, 0.717) is 12.1 Å². The fourth-order valence-corrected chi connectivity index (χ4v) is 3.86. The Hall–Kier alpha value is -0.730. The SMILES string of the molecule is C1=CCC(NC2CSCc3ccccc32)CC1. The molecule has 0 amide bonds. The zero-order valence-electron chi connectivity index (χ0n) is 10.1. The number of rotatable bonds is 2. The average molecular weight is 245 g/mol. The molecule has 1 nitrogen and oxygen atoms in total. The molecule has 0 fully saturated rings. The van der Waals surface area contributed by atoms with Crippen molar-refractivity contribution in [2.75, 3.05) is 5.75 Å². The van der Waals surface area contributed by atoms with Crippen LogP contribution in [0.2, 0.25) is 0 Å². The van der Waals surface area contributed by atoms with Gasteiger partial charge in [0.1, 0.15) is 0 Å². The monoisotopic (exact) mass is 245 g/mol. The third-order valence-electron chi connectivity index (χ3n) is 3.68. The van der Waals surface area contributed by atoms with Crippen molar-refractivity contribution in [1.82, 2.24) is 5.32 Å². The van der Waals surface area contributed by atoms with Crippen LogP contribution in [0.5, 0.6) is 0 Å². The lowest BCUT2D eigenvalue weighted by Gasteiger charge is -2.30.